The van der Waals surface area contributed by atoms with Crippen LogP contribution in [0.2, 0.25) is 0 Å². The molecule has 0 heterocycles. The molecule has 1 aromatic carbocycles. The summed E-state index contributed by atoms with van der Waals surface area (Å²) < 4.78 is 14.6. The van der Waals surface area contributed by atoms with E-state index in [-0.39, 0.29) is 5.82 Å². The summed E-state index contributed by atoms with van der Waals surface area (Å²) in [6.45, 7) is 7.56. The molecule has 0 spiro atoms. The minimum Gasteiger partial charge on any atom is -0.314 e. The number of benzene rings is 1. The van der Waals surface area contributed by atoms with Crippen molar-refractivity contribution in [3.63, 3.8) is 0 Å². The van der Waals surface area contributed by atoms with Gasteiger partial charge in [-0.2, -0.15) is 0 Å². The van der Waals surface area contributed by atoms with Crippen molar-refractivity contribution in [2.24, 2.45) is 5.92 Å². The molecular weight excluding hydrogens is 293 g/mol. The van der Waals surface area contributed by atoms with Gasteiger partial charge < -0.3 is 5.32 Å². The van der Waals surface area contributed by atoms with Crippen LogP contribution in [0.5, 0.6) is 0 Å². The van der Waals surface area contributed by atoms with Crippen LogP contribution in [0.3, 0.4) is 0 Å². The second-order valence-electron chi connectivity index (χ2n) is 4.85. The lowest BCUT2D eigenvalue weighted by Crippen LogP contribution is -2.35. The lowest BCUT2D eigenvalue weighted by atomic mass is 9.90. The highest BCUT2D eigenvalue weighted by molar-refractivity contribution is 9.10. The van der Waals surface area contributed by atoms with E-state index in [2.05, 4.69) is 42.0 Å². The molecule has 18 heavy (non-hydrogen) atoms. The fourth-order valence-electron chi connectivity index (χ4n) is 2.18. The lowest BCUT2D eigenvalue weighted by Gasteiger charge is -2.24. The van der Waals surface area contributed by atoms with E-state index in [0.29, 0.717) is 12.0 Å². The highest BCUT2D eigenvalue weighted by atomic mass is 79.9. The van der Waals surface area contributed by atoms with Crippen molar-refractivity contribution in [2.45, 2.75) is 46.1 Å². The van der Waals surface area contributed by atoms with Crippen molar-refractivity contribution in [1.82, 2.24) is 5.32 Å². The van der Waals surface area contributed by atoms with E-state index in [1.807, 2.05) is 12.1 Å². The van der Waals surface area contributed by atoms with Gasteiger partial charge in [0.05, 0.1) is 0 Å². The van der Waals surface area contributed by atoms with Crippen molar-refractivity contribution < 1.29 is 4.39 Å². The largest absolute Gasteiger partial charge is 0.314 e. The van der Waals surface area contributed by atoms with Crippen LogP contribution in [0.1, 0.15) is 39.2 Å². The van der Waals surface area contributed by atoms with Crippen LogP contribution in [0.15, 0.2) is 22.7 Å². The second kappa shape index (κ2) is 7.90. The Morgan fingerprint density at radius 2 is 2.06 bits per heavy atom. The maximum absolute atomic E-state index is 13.8. The quantitative estimate of drug-likeness (QED) is 0.778. The van der Waals surface area contributed by atoms with Gasteiger partial charge in [0.15, 0.2) is 0 Å². The minimum absolute atomic E-state index is 0.106. The van der Waals surface area contributed by atoms with E-state index in [1.54, 1.807) is 6.07 Å². The van der Waals surface area contributed by atoms with E-state index in [9.17, 15) is 4.39 Å². The monoisotopic (exact) mass is 315 g/mol. The Hall–Kier alpha value is -0.410. The molecule has 2 atom stereocenters. The van der Waals surface area contributed by atoms with Gasteiger partial charge in [-0.15, -0.1) is 0 Å². The zero-order valence-corrected chi connectivity index (χ0v) is 13.1. The highest BCUT2D eigenvalue weighted by Gasteiger charge is 2.17. The molecule has 1 N–H and O–H groups in total. The van der Waals surface area contributed by atoms with Gasteiger partial charge in [0, 0.05) is 10.5 Å². The third-order valence-electron chi connectivity index (χ3n) is 3.45. The van der Waals surface area contributed by atoms with Gasteiger partial charge >= 0.3 is 0 Å². The Kier molecular flexibility index (Phi) is 6.87. The lowest BCUT2D eigenvalue weighted by molar-refractivity contribution is 0.358. The molecule has 0 aromatic heterocycles. The zero-order chi connectivity index (χ0) is 13.5. The van der Waals surface area contributed by atoms with Gasteiger partial charge in [0.25, 0.3) is 0 Å². The van der Waals surface area contributed by atoms with E-state index in [1.165, 1.54) is 0 Å². The molecule has 0 saturated carbocycles. The summed E-state index contributed by atoms with van der Waals surface area (Å²) in [5, 5.41) is 3.50. The molecule has 2 unspecified atom stereocenters. The van der Waals surface area contributed by atoms with E-state index >= 15 is 0 Å². The molecule has 0 saturated heterocycles. The first-order valence-corrected chi connectivity index (χ1v) is 7.55. The number of halogens is 2. The molecule has 3 heteroatoms. The summed E-state index contributed by atoms with van der Waals surface area (Å²) in [4.78, 5) is 0. The molecule has 0 aliphatic rings. The SMILES string of the molecule is CCCNC(C)C(CC)Cc1ccc(Br)cc1F. The van der Waals surface area contributed by atoms with Crippen molar-refractivity contribution in [2.75, 3.05) is 6.54 Å². The minimum atomic E-state index is -0.106. The van der Waals surface area contributed by atoms with Crippen LogP contribution in [0.25, 0.3) is 0 Å². The Bertz CT molecular complexity index is 368. The first-order valence-electron chi connectivity index (χ1n) is 6.75. The molecule has 0 amide bonds. The van der Waals surface area contributed by atoms with Crippen LogP contribution >= 0.6 is 15.9 Å². The predicted molar refractivity (Wildman–Crippen MR) is 79.3 cm³/mol. The first kappa shape index (κ1) is 15.6. The Balaban J connectivity index is 2.67. The van der Waals surface area contributed by atoms with Gasteiger partial charge in [0.1, 0.15) is 5.82 Å². The van der Waals surface area contributed by atoms with Crippen molar-refractivity contribution >= 4 is 15.9 Å². The molecule has 1 nitrogen and oxygen atoms in total. The Labute approximate surface area is 118 Å². The molecule has 0 aliphatic carbocycles. The summed E-state index contributed by atoms with van der Waals surface area (Å²) in [6, 6.07) is 5.77. The van der Waals surface area contributed by atoms with Crippen molar-refractivity contribution in [3.8, 4) is 0 Å². The topological polar surface area (TPSA) is 12.0 Å². The highest BCUT2D eigenvalue weighted by Crippen LogP contribution is 2.21. The smallest absolute Gasteiger partial charge is 0.127 e. The average molecular weight is 316 g/mol. The van der Waals surface area contributed by atoms with Gasteiger partial charge in [-0.25, -0.2) is 4.39 Å². The van der Waals surface area contributed by atoms with Gasteiger partial charge in [0.2, 0.25) is 0 Å². The van der Waals surface area contributed by atoms with E-state index < -0.39 is 0 Å². The Morgan fingerprint density at radius 1 is 1.33 bits per heavy atom. The molecule has 0 aliphatic heterocycles. The standard InChI is InChI=1S/C15H23BrFN/c1-4-8-18-11(3)12(5-2)9-13-6-7-14(16)10-15(13)17/h6-7,10-12,18H,4-5,8-9H2,1-3H3. The van der Waals surface area contributed by atoms with Crippen LogP contribution < -0.4 is 5.32 Å². The summed E-state index contributed by atoms with van der Waals surface area (Å²) in [6.07, 6.45) is 2.99. The molecule has 0 bridgehead atoms. The molecular formula is C15H23BrFN. The third kappa shape index (κ3) is 4.69. The van der Waals surface area contributed by atoms with Crippen LogP contribution in [0.4, 0.5) is 4.39 Å². The molecule has 1 aromatic rings. The number of hydrogen-bond acceptors (Lipinski definition) is 1. The van der Waals surface area contributed by atoms with Gasteiger partial charge in [-0.05, 0) is 49.9 Å². The molecule has 102 valence electrons. The molecule has 1 rings (SSSR count). The molecule has 0 radical (unpaired) electrons. The van der Waals surface area contributed by atoms with Crippen molar-refractivity contribution in [1.29, 1.82) is 0 Å². The predicted octanol–water partition coefficient (Wildman–Crippen LogP) is 4.55. The number of hydrogen-bond donors (Lipinski definition) is 1. The van der Waals surface area contributed by atoms with Crippen LogP contribution in [-0.4, -0.2) is 12.6 Å². The fourth-order valence-corrected chi connectivity index (χ4v) is 2.52. The van der Waals surface area contributed by atoms with E-state index in [0.717, 1.165) is 35.8 Å². The normalized spacial score (nSPS) is 14.5. The summed E-state index contributed by atoms with van der Waals surface area (Å²) in [5.41, 5.74) is 0.815. The van der Waals surface area contributed by atoms with Crippen LogP contribution in [0, 0.1) is 11.7 Å². The summed E-state index contributed by atoms with van der Waals surface area (Å²) in [5.74, 6) is 0.373. The van der Waals surface area contributed by atoms with Gasteiger partial charge in [-0.3, -0.25) is 0 Å². The maximum atomic E-state index is 13.8. The Morgan fingerprint density at radius 3 is 2.61 bits per heavy atom. The second-order valence-corrected chi connectivity index (χ2v) is 5.77. The number of nitrogens with one attached hydrogen (secondary N) is 1. The third-order valence-corrected chi connectivity index (χ3v) is 3.94. The van der Waals surface area contributed by atoms with E-state index in [4.69, 9.17) is 0 Å². The summed E-state index contributed by atoms with van der Waals surface area (Å²) >= 11 is 3.29. The molecule has 0 fully saturated rings. The first-order chi connectivity index (χ1) is 8.58. The fraction of sp³-hybridized carbons (Fsp3) is 0.600. The summed E-state index contributed by atoms with van der Waals surface area (Å²) in [7, 11) is 0. The van der Waals surface area contributed by atoms with Crippen molar-refractivity contribution in [3.05, 3.63) is 34.1 Å². The van der Waals surface area contributed by atoms with Gasteiger partial charge in [-0.1, -0.05) is 42.3 Å². The van der Waals surface area contributed by atoms with Crippen LogP contribution in [-0.2, 0) is 6.42 Å². The number of rotatable bonds is 7. The zero-order valence-electron chi connectivity index (χ0n) is 11.5. The average Bonchev–Trinajstić information content (AvgIpc) is 2.35. The maximum Gasteiger partial charge on any atom is 0.127 e.